The molecule has 0 aliphatic rings. The van der Waals surface area contributed by atoms with Crippen molar-refractivity contribution in [3.63, 3.8) is 0 Å². The second-order valence-electron chi connectivity index (χ2n) is 3.36. The molecule has 0 amide bonds. The predicted molar refractivity (Wildman–Crippen MR) is 66.5 cm³/mol. The molecule has 3 aromatic rings. The number of hydrogen-bond acceptors (Lipinski definition) is 4. The largest absolute Gasteiger partial charge is 0.339 e. The Hall–Kier alpha value is -1.66. The number of fused-ring (bicyclic) bond motifs is 1. The average molecular weight is 269 g/mol. The lowest BCUT2D eigenvalue weighted by Crippen LogP contribution is -1.92. The first-order valence-electron chi connectivity index (χ1n) is 4.73. The van der Waals surface area contributed by atoms with E-state index < -0.39 is 5.82 Å². The minimum atomic E-state index is -0.444. The van der Waals surface area contributed by atoms with Crippen LogP contribution in [0.15, 0.2) is 23.7 Å². The summed E-state index contributed by atoms with van der Waals surface area (Å²) >= 11 is 7.14. The lowest BCUT2D eigenvalue weighted by atomic mass is 10.3. The molecule has 0 unspecified atom stereocenters. The first-order chi connectivity index (χ1) is 8.24. The molecule has 0 aliphatic heterocycles. The fourth-order valence-corrected chi connectivity index (χ4v) is 2.26. The fraction of sp³-hybridized carbons (Fsp3) is 0. The number of nitrogens with one attached hydrogen (secondary N) is 2. The SMILES string of the molecule is Fc1ccc(Nc2[nH]nc3scnc23)cc1Cl. The molecule has 7 heteroatoms. The van der Waals surface area contributed by atoms with Gasteiger partial charge in [-0.1, -0.05) is 11.6 Å². The fourth-order valence-electron chi connectivity index (χ4n) is 1.46. The third-order valence-electron chi connectivity index (χ3n) is 2.24. The lowest BCUT2D eigenvalue weighted by molar-refractivity contribution is 0.628. The van der Waals surface area contributed by atoms with Crippen molar-refractivity contribution >= 4 is 44.8 Å². The molecule has 86 valence electrons. The number of H-pyrrole nitrogens is 1. The topological polar surface area (TPSA) is 53.6 Å². The van der Waals surface area contributed by atoms with Gasteiger partial charge in [0.1, 0.15) is 11.3 Å². The molecule has 0 fully saturated rings. The lowest BCUT2D eigenvalue weighted by Gasteiger charge is -2.04. The maximum atomic E-state index is 13.0. The number of thiazole rings is 1. The predicted octanol–water partition coefficient (Wildman–Crippen LogP) is 3.56. The summed E-state index contributed by atoms with van der Waals surface area (Å²) in [6.45, 7) is 0. The maximum absolute atomic E-state index is 13.0. The normalized spacial score (nSPS) is 10.9. The molecule has 0 aliphatic carbocycles. The van der Waals surface area contributed by atoms with Crippen LogP contribution < -0.4 is 5.32 Å². The smallest absolute Gasteiger partial charge is 0.167 e. The van der Waals surface area contributed by atoms with Gasteiger partial charge in [-0.05, 0) is 18.2 Å². The van der Waals surface area contributed by atoms with Gasteiger partial charge in [0, 0.05) is 5.69 Å². The zero-order chi connectivity index (χ0) is 11.8. The number of rotatable bonds is 2. The van der Waals surface area contributed by atoms with Crippen molar-refractivity contribution in [2.45, 2.75) is 0 Å². The summed E-state index contributed by atoms with van der Waals surface area (Å²) in [5.41, 5.74) is 3.15. The van der Waals surface area contributed by atoms with Gasteiger partial charge < -0.3 is 5.32 Å². The highest BCUT2D eigenvalue weighted by Crippen LogP contribution is 2.26. The van der Waals surface area contributed by atoms with Crippen molar-refractivity contribution in [2.24, 2.45) is 0 Å². The molecule has 4 nitrogen and oxygen atoms in total. The Morgan fingerprint density at radius 3 is 3.12 bits per heavy atom. The van der Waals surface area contributed by atoms with E-state index in [1.807, 2.05) is 0 Å². The number of hydrogen-bond donors (Lipinski definition) is 2. The first-order valence-corrected chi connectivity index (χ1v) is 5.99. The van der Waals surface area contributed by atoms with Gasteiger partial charge in [0.25, 0.3) is 0 Å². The third-order valence-corrected chi connectivity index (χ3v) is 3.25. The molecule has 1 aromatic carbocycles. The number of nitrogens with zero attached hydrogens (tertiary/aromatic N) is 2. The van der Waals surface area contributed by atoms with Gasteiger partial charge in [-0.25, -0.2) is 9.37 Å². The molecule has 17 heavy (non-hydrogen) atoms. The summed E-state index contributed by atoms with van der Waals surface area (Å²) < 4.78 is 13.0. The molecule has 0 spiro atoms. The molecule has 2 N–H and O–H groups in total. The van der Waals surface area contributed by atoms with Crippen LogP contribution in [0.25, 0.3) is 10.3 Å². The Morgan fingerprint density at radius 2 is 2.29 bits per heavy atom. The van der Waals surface area contributed by atoms with E-state index >= 15 is 0 Å². The van der Waals surface area contributed by atoms with Crippen molar-refractivity contribution in [1.29, 1.82) is 0 Å². The number of benzene rings is 1. The quantitative estimate of drug-likeness (QED) is 0.747. The van der Waals surface area contributed by atoms with Crippen LogP contribution in [0.2, 0.25) is 5.02 Å². The number of halogens is 2. The Labute approximate surface area is 104 Å². The van der Waals surface area contributed by atoms with E-state index in [1.165, 1.54) is 23.5 Å². The van der Waals surface area contributed by atoms with Crippen molar-refractivity contribution in [3.8, 4) is 0 Å². The van der Waals surface area contributed by atoms with E-state index in [0.29, 0.717) is 11.5 Å². The summed E-state index contributed by atoms with van der Waals surface area (Å²) in [6, 6.07) is 4.41. The second-order valence-corrected chi connectivity index (χ2v) is 4.60. The molecule has 2 aromatic heterocycles. The highest BCUT2D eigenvalue weighted by atomic mass is 35.5. The van der Waals surface area contributed by atoms with Crippen LogP contribution in [0.5, 0.6) is 0 Å². The van der Waals surface area contributed by atoms with Crippen molar-refractivity contribution in [2.75, 3.05) is 5.32 Å². The Bertz CT molecular complexity index is 678. The Kier molecular flexibility index (Phi) is 2.45. The number of aromatic amines is 1. The van der Waals surface area contributed by atoms with Crippen LogP contribution in [0.1, 0.15) is 0 Å². The summed E-state index contributed by atoms with van der Waals surface area (Å²) in [4.78, 5) is 4.99. The van der Waals surface area contributed by atoms with Crippen LogP contribution in [-0.4, -0.2) is 15.2 Å². The Balaban J connectivity index is 1.97. The van der Waals surface area contributed by atoms with E-state index in [1.54, 1.807) is 11.6 Å². The minimum Gasteiger partial charge on any atom is -0.339 e. The van der Waals surface area contributed by atoms with E-state index in [2.05, 4.69) is 20.5 Å². The van der Waals surface area contributed by atoms with Crippen LogP contribution >= 0.6 is 22.9 Å². The van der Waals surface area contributed by atoms with E-state index in [0.717, 1.165) is 10.3 Å². The molecule has 0 bridgehead atoms. The van der Waals surface area contributed by atoms with E-state index in [9.17, 15) is 4.39 Å². The van der Waals surface area contributed by atoms with Crippen molar-refractivity contribution in [3.05, 3.63) is 34.5 Å². The van der Waals surface area contributed by atoms with Gasteiger partial charge in [0.05, 0.1) is 10.5 Å². The second kappa shape index (κ2) is 3.97. The van der Waals surface area contributed by atoms with Gasteiger partial charge >= 0.3 is 0 Å². The summed E-state index contributed by atoms with van der Waals surface area (Å²) in [5.74, 6) is 0.226. The monoisotopic (exact) mass is 268 g/mol. The molecular weight excluding hydrogens is 263 g/mol. The van der Waals surface area contributed by atoms with E-state index in [-0.39, 0.29) is 5.02 Å². The summed E-state index contributed by atoms with van der Waals surface area (Å²) in [7, 11) is 0. The number of anilines is 2. The van der Waals surface area contributed by atoms with Gasteiger partial charge in [0.15, 0.2) is 10.6 Å². The molecule has 0 saturated heterocycles. The van der Waals surface area contributed by atoms with Gasteiger partial charge in [-0.3, -0.25) is 5.10 Å². The van der Waals surface area contributed by atoms with Crippen LogP contribution in [0.3, 0.4) is 0 Å². The summed E-state index contributed by atoms with van der Waals surface area (Å²) in [6.07, 6.45) is 0. The zero-order valence-electron chi connectivity index (χ0n) is 8.37. The molecule has 0 radical (unpaired) electrons. The third kappa shape index (κ3) is 1.85. The van der Waals surface area contributed by atoms with Crippen LogP contribution in [0, 0.1) is 5.82 Å². The van der Waals surface area contributed by atoms with E-state index in [4.69, 9.17) is 11.6 Å². The molecular formula is C10H6ClFN4S. The van der Waals surface area contributed by atoms with Crippen molar-refractivity contribution in [1.82, 2.24) is 15.2 Å². The molecule has 3 rings (SSSR count). The highest BCUT2D eigenvalue weighted by molar-refractivity contribution is 7.16. The van der Waals surface area contributed by atoms with Crippen LogP contribution in [-0.2, 0) is 0 Å². The van der Waals surface area contributed by atoms with Gasteiger partial charge in [0.2, 0.25) is 0 Å². The average Bonchev–Trinajstić information content (AvgIpc) is 2.88. The van der Waals surface area contributed by atoms with Gasteiger partial charge in [-0.15, -0.1) is 11.3 Å². The first kappa shape index (κ1) is 10.5. The molecule has 0 saturated carbocycles. The Morgan fingerprint density at radius 1 is 1.41 bits per heavy atom. The molecule has 0 atom stereocenters. The van der Waals surface area contributed by atoms with Crippen molar-refractivity contribution < 1.29 is 4.39 Å². The number of aromatic nitrogens is 3. The van der Waals surface area contributed by atoms with Gasteiger partial charge in [-0.2, -0.15) is 5.10 Å². The van der Waals surface area contributed by atoms with Crippen LogP contribution in [0.4, 0.5) is 15.9 Å². The summed E-state index contributed by atoms with van der Waals surface area (Å²) in [5, 5.41) is 10.0. The minimum absolute atomic E-state index is 0.0732. The zero-order valence-corrected chi connectivity index (χ0v) is 9.94. The maximum Gasteiger partial charge on any atom is 0.167 e. The standard InChI is InChI=1S/C10H6ClFN4S/c11-6-3-5(1-2-7(6)12)14-9-8-10(16-15-9)17-4-13-8/h1-4H,(H2,14,15,16). The highest BCUT2D eigenvalue weighted by Gasteiger charge is 2.08. The molecule has 2 heterocycles.